The molecule has 26 heavy (non-hydrogen) atoms. The van der Waals surface area contributed by atoms with E-state index in [4.69, 9.17) is 0 Å². The Morgan fingerprint density at radius 3 is 1.92 bits per heavy atom. The number of carbonyl (C=O) groups excluding carboxylic acids is 1. The van der Waals surface area contributed by atoms with Crippen molar-refractivity contribution < 1.29 is 4.79 Å². The fraction of sp³-hybridized carbons (Fsp3) is 0.174. The van der Waals surface area contributed by atoms with Crippen molar-refractivity contribution in [2.24, 2.45) is 5.92 Å². The quantitative estimate of drug-likeness (QED) is 0.511. The lowest BCUT2D eigenvalue weighted by Gasteiger charge is -2.44. The molecule has 3 aliphatic carbocycles. The zero-order chi connectivity index (χ0) is 17.7. The van der Waals surface area contributed by atoms with Crippen LogP contribution in [0.4, 0.5) is 5.69 Å². The van der Waals surface area contributed by atoms with E-state index in [0.717, 1.165) is 12.1 Å². The number of halogens is 1. The van der Waals surface area contributed by atoms with Gasteiger partial charge in [-0.3, -0.25) is 4.79 Å². The number of benzene rings is 3. The molecule has 0 aromatic heterocycles. The molecule has 2 bridgehead atoms. The molecule has 0 saturated heterocycles. The largest absolute Gasteiger partial charge is 0.326 e. The number of hydrogen-bond acceptors (Lipinski definition) is 1. The lowest BCUT2D eigenvalue weighted by atomic mass is 9.59. The van der Waals surface area contributed by atoms with Gasteiger partial charge in [-0.15, -0.1) is 0 Å². The lowest BCUT2D eigenvalue weighted by molar-refractivity contribution is -0.121. The Morgan fingerprint density at radius 1 is 0.808 bits per heavy atom. The highest BCUT2D eigenvalue weighted by atomic mass is 127. The van der Waals surface area contributed by atoms with Crippen LogP contribution in [0.2, 0.25) is 0 Å². The third-order valence-electron chi connectivity index (χ3n) is 5.75. The van der Waals surface area contributed by atoms with Gasteiger partial charge in [0.15, 0.2) is 0 Å². The Bertz CT molecular complexity index is 948. The van der Waals surface area contributed by atoms with Crippen molar-refractivity contribution in [2.45, 2.75) is 18.3 Å². The zero-order valence-corrected chi connectivity index (χ0v) is 16.3. The minimum absolute atomic E-state index is 0.0240. The van der Waals surface area contributed by atoms with Crippen molar-refractivity contribution in [2.75, 3.05) is 5.32 Å². The predicted octanol–water partition coefficient (Wildman–Crippen LogP) is 5.53. The van der Waals surface area contributed by atoms with Crippen LogP contribution in [0.5, 0.6) is 0 Å². The van der Waals surface area contributed by atoms with Crippen LogP contribution in [0.1, 0.15) is 40.5 Å². The summed E-state index contributed by atoms with van der Waals surface area (Å²) in [4.78, 5) is 13.1. The highest BCUT2D eigenvalue weighted by Gasteiger charge is 2.45. The van der Waals surface area contributed by atoms with Gasteiger partial charge in [0.25, 0.3) is 0 Å². The predicted molar refractivity (Wildman–Crippen MR) is 112 cm³/mol. The van der Waals surface area contributed by atoms with E-state index in [0.29, 0.717) is 5.92 Å². The number of hydrogen-bond donors (Lipinski definition) is 1. The van der Waals surface area contributed by atoms with E-state index < -0.39 is 0 Å². The maximum atomic E-state index is 13.1. The fourth-order valence-electron chi connectivity index (χ4n) is 4.66. The van der Waals surface area contributed by atoms with Gasteiger partial charge in [-0.25, -0.2) is 0 Å². The zero-order valence-electron chi connectivity index (χ0n) is 14.2. The summed E-state index contributed by atoms with van der Waals surface area (Å²) >= 11 is 2.28. The smallest absolute Gasteiger partial charge is 0.228 e. The van der Waals surface area contributed by atoms with Crippen LogP contribution in [-0.4, -0.2) is 5.91 Å². The first-order valence-corrected chi connectivity index (χ1v) is 10.0. The van der Waals surface area contributed by atoms with Crippen LogP contribution in [0.25, 0.3) is 0 Å². The van der Waals surface area contributed by atoms with E-state index in [1.165, 1.54) is 25.8 Å². The number of amides is 1. The Morgan fingerprint density at radius 2 is 1.35 bits per heavy atom. The van der Waals surface area contributed by atoms with E-state index in [9.17, 15) is 4.79 Å². The van der Waals surface area contributed by atoms with Gasteiger partial charge in [-0.1, -0.05) is 48.5 Å². The first-order valence-electron chi connectivity index (χ1n) is 8.96. The standard InChI is InChI=1S/C23H18INO/c24-14-9-11-15(12-10-14)25-23(26)21-13-20-16-5-1-3-7-18(16)22(21)19-8-4-2-6-17(19)20/h1-12,20-22H,13H2,(H,25,26)/t20?,21-,22?/m0/s1. The van der Waals surface area contributed by atoms with Crippen molar-refractivity contribution >= 4 is 34.2 Å². The van der Waals surface area contributed by atoms with E-state index in [-0.39, 0.29) is 17.7 Å². The number of fused-ring (bicyclic) bond motifs is 1. The topological polar surface area (TPSA) is 29.1 Å². The summed E-state index contributed by atoms with van der Waals surface area (Å²) in [5.74, 6) is 0.574. The monoisotopic (exact) mass is 451 g/mol. The molecule has 0 saturated carbocycles. The number of nitrogens with one attached hydrogen (secondary N) is 1. The van der Waals surface area contributed by atoms with Gasteiger partial charge in [0.05, 0.1) is 5.92 Å². The molecular weight excluding hydrogens is 433 g/mol. The van der Waals surface area contributed by atoms with Crippen LogP contribution in [0.3, 0.4) is 0 Å². The van der Waals surface area contributed by atoms with Gasteiger partial charge in [-0.05, 0) is 75.5 Å². The molecule has 1 N–H and O–H groups in total. The van der Waals surface area contributed by atoms with E-state index >= 15 is 0 Å². The average Bonchev–Trinajstić information content (AvgIpc) is 2.69. The third-order valence-corrected chi connectivity index (χ3v) is 6.47. The Hall–Kier alpha value is -2.14. The maximum Gasteiger partial charge on any atom is 0.228 e. The molecule has 0 unspecified atom stereocenters. The molecule has 0 heterocycles. The molecule has 0 fully saturated rings. The highest BCUT2D eigenvalue weighted by Crippen LogP contribution is 2.55. The van der Waals surface area contributed by atoms with E-state index in [1.807, 2.05) is 24.3 Å². The highest BCUT2D eigenvalue weighted by molar-refractivity contribution is 14.1. The molecule has 3 heteroatoms. The molecular formula is C23H18INO. The minimum Gasteiger partial charge on any atom is -0.326 e. The van der Waals surface area contributed by atoms with Crippen molar-refractivity contribution in [1.82, 2.24) is 0 Å². The van der Waals surface area contributed by atoms with Gasteiger partial charge in [0.1, 0.15) is 0 Å². The number of carbonyl (C=O) groups is 1. The summed E-state index contributed by atoms with van der Waals surface area (Å²) in [6, 6.07) is 25.3. The molecule has 0 spiro atoms. The number of anilines is 1. The molecule has 6 rings (SSSR count). The summed E-state index contributed by atoms with van der Waals surface area (Å²) in [5, 5.41) is 3.14. The van der Waals surface area contributed by atoms with Gasteiger partial charge < -0.3 is 5.32 Å². The summed E-state index contributed by atoms with van der Waals surface area (Å²) in [7, 11) is 0. The Labute approximate surface area is 166 Å². The molecule has 1 atom stereocenters. The molecule has 1 amide bonds. The second-order valence-corrected chi connectivity index (χ2v) is 8.37. The SMILES string of the molecule is O=C(Nc1ccc(I)cc1)[C@H]1CC2c3ccccc3C1c1ccccc12. The van der Waals surface area contributed by atoms with Crippen LogP contribution in [-0.2, 0) is 4.79 Å². The summed E-state index contributed by atoms with van der Waals surface area (Å²) < 4.78 is 1.17. The van der Waals surface area contributed by atoms with Crippen LogP contribution in [0.15, 0.2) is 72.8 Å². The molecule has 2 nitrogen and oxygen atoms in total. The van der Waals surface area contributed by atoms with Crippen LogP contribution < -0.4 is 5.32 Å². The van der Waals surface area contributed by atoms with Crippen molar-refractivity contribution in [3.05, 3.63) is 98.6 Å². The third kappa shape index (κ3) is 2.49. The van der Waals surface area contributed by atoms with Crippen molar-refractivity contribution in [3.63, 3.8) is 0 Å². The van der Waals surface area contributed by atoms with Crippen LogP contribution >= 0.6 is 22.6 Å². The summed E-state index contributed by atoms with van der Waals surface area (Å²) in [6.45, 7) is 0. The van der Waals surface area contributed by atoms with E-state index in [1.54, 1.807) is 0 Å². The fourth-order valence-corrected chi connectivity index (χ4v) is 5.02. The molecule has 0 radical (unpaired) electrons. The molecule has 0 aliphatic heterocycles. The van der Waals surface area contributed by atoms with Crippen molar-refractivity contribution in [3.8, 4) is 0 Å². The first-order chi connectivity index (χ1) is 12.7. The van der Waals surface area contributed by atoms with Gasteiger partial charge in [-0.2, -0.15) is 0 Å². The number of rotatable bonds is 2. The minimum atomic E-state index is -0.0240. The second kappa shape index (κ2) is 6.23. The summed E-state index contributed by atoms with van der Waals surface area (Å²) in [5.41, 5.74) is 6.32. The molecule has 3 aliphatic rings. The second-order valence-electron chi connectivity index (χ2n) is 7.13. The van der Waals surface area contributed by atoms with E-state index in [2.05, 4.69) is 76.4 Å². The Kier molecular flexibility index (Phi) is 3.85. The molecule has 128 valence electrons. The summed E-state index contributed by atoms with van der Waals surface area (Å²) in [6.07, 6.45) is 0.884. The average molecular weight is 451 g/mol. The maximum absolute atomic E-state index is 13.1. The first kappa shape index (κ1) is 16.1. The van der Waals surface area contributed by atoms with Crippen LogP contribution in [0, 0.1) is 9.49 Å². The van der Waals surface area contributed by atoms with Gasteiger partial charge in [0.2, 0.25) is 5.91 Å². The van der Waals surface area contributed by atoms with Crippen molar-refractivity contribution in [1.29, 1.82) is 0 Å². The normalized spacial score (nSPS) is 22.4. The lowest BCUT2D eigenvalue weighted by Crippen LogP contribution is -2.38. The van der Waals surface area contributed by atoms with Gasteiger partial charge in [0, 0.05) is 21.1 Å². The molecule has 3 aromatic rings. The Balaban J connectivity index is 1.54. The molecule has 3 aromatic carbocycles. The van der Waals surface area contributed by atoms with Gasteiger partial charge >= 0.3 is 0 Å².